The van der Waals surface area contributed by atoms with Crippen molar-refractivity contribution in [3.63, 3.8) is 0 Å². The number of carbonyl (C=O) groups excluding carboxylic acids is 1. The van der Waals surface area contributed by atoms with Crippen molar-refractivity contribution in [2.45, 2.75) is 64.3 Å². The highest BCUT2D eigenvalue weighted by molar-refractivity contribution is 5.78. The predicted molar refractivity (Wildman–Crippen MR) is 135 cm³/mol. The molecule has 6 nitrogen and oxygen atoms in total. The largest absolute Gasteiger partial charge is 0.497 e. The summed E-state index contributed by atoms with van der Waals surface area (Å²) < 4.78 is 13.5. The van der Waals surface area contributed by atoms with E-state index < -0.39 is 0 Å². The number of aryl methyl sites for hydroxylation is 1. The molecular weight excluding hydrogens is 426 g/mol. The quantitative estimate of drug-likeness (QED) is 0.359. The Balaban J connectivity index is 1.25. The molecule has 0 unspecified atom stereocenters. The monoisotopic (exact) mass is 463 g/mol. The van der Waals surface area contributed by atoms with Gasteiger partial charge in [0.2, 0.25) is 5.91 Å². The average molecular weight is 464 g/mol. The predicted octanol–water partition coefficient (Wildman–Crippen LogP) is 5.53. The minimum Gasteiger partial charge on any atom is -0.497 e. The summed E-state index contributed by atoms with van der Waals surface area (Å²) in [5.74, 6) is 3.20. The number of para-hydroxylation sites is 2. The maximum absolute atomic E-state index is 12.3. The van der Waals surface area contributed by atoms with Crippen LogP contribution in [-0.4, -0.2) is 35.7 Å². The first-order valence-corrected chi connectivity index (χ1v) is 12.7. The summed E-state index contributed by atoms with van der Waals surface area (Å²) in [7, 11) is 1.66. The third-order valence-corrected chi connectivity index (χ3v) is 6.71. The average Bonchev–Trinajstić information content (AvgIpc) is 3.24. The van der Waals surface area contributed by atoms with Crippen LogP contribution in [0.4, 0.5) is 0 Å². The number of hydrogen-bond acceptors (Lipinski definition) is 4. The highest BCUT2D eigenvalue weighted by Crippen LogP contribution is 2.24. The van der Waals surface area contributed by atoms with Gasteiger partial charge >= 0.3 is 0 Å². The molecular formula is C28H37N3O3. The molecule has 0 bridgehead atoms. The third kappa shape index (κ3) is 6.52. The smallest absolute Gasteiger partial charge is 0.223 e. The Bertz CT molecular complexity index is 1060. The normalized spacial score (nSPS) is 14.3. The third-order valence-electron chi connectivity index (χ3n) is 6.71. The lowest BCUT2D eigenvalue weighted by atomic mass is 9.89. The molecule has 34 heavy (non-hydrogen) atoms. The number of unbranched alkanes of at least 4 members (excludes halogenated alkanes) is 2. The van der Waals surface area contributed by atoms with E-state index in [1.54, 1.807) is 7.11 Å². The van der Waals surface area contributed by atoms with E-state index in [0.717, 1.165) is 80.0 Å². The fraction of sp³-hybridized carbons (Fsp3) is 0.500. The molecule has 0 saturated heterocycles. The second kappa shape index (κ2) is 12.4. The van der Waals surface area contributed by atoms with Gasteiger partial charge in [0.25, 0.3) is 0 Å². The zero-order valence-corrected chi connectivity index (χ0v) is 20.3. The van der Waals surface area contributed by atoms with Crippen LogP contribution in [-0.2, 0) is 17.8 Å². The van der Waals surface area contributed by atoms with Crippen LogP contribution in [0.25, 0.3) is 11.0 Å². The topological polar surface area (TPSA) is 65.4 Å². The summed E-state index contributed by atoms with van der Waals surface area (Å²) in [4.78, 5) is 17.2. The molecule has 1 aliphatic carbocycles. The molecule has 1 aliphatic rings. The van der Waals surface area contributed by atoms with Crippen LogP contribution in [0.1, 0.15) is 57.2 Å². The maximum atomic E-state index is 12.3. The van der Waals surface area contributed by atoms with Gasteiger partial charge in [-0.15, -0.1) is 0 Å². The minimum atomic E-state index is 0.243. The SMILES string of the molecule is COc1cccc(OCCn2c(CCCCCNC(=O)C3CCCCC3)nc3ccccc32)c1. The Hall–Kier alpha value is -3.02. The van der Waals surface area contributed by atoms with Crippen LogP contribution >= 0.6 is 0 Å². The van der Waals surface area contributed by atoms with Crippen molar-refractivity contribution in [2.75, 3.05) is 20.3 Å². The fourth-order valence-corrected chi connectivity index (χ4v) is 4.82. The Morgan fingerprint density at radius 1 is 1.03 bits per heavy atom. The number of rotatable bonds is 12. The lowest BCUT2D eigenvalue weighted by molar-refractivity contribution is -0.125. The second-order valence-electron chi connectivity index (χ2n) is 9.13. The van der Waals surface area contributed by atoms with E-state index in [-0.39, 0.29) is 11.8 Å². The zero-order valence-electron chi connectivity index (χ0n) is 20.3. The Morgan fingerprint density at radius 3 is 2.71 bits per heavy atom. The molecule has 1 saturated carbocycles. The summed E-state index contributed by atoms with van der Waals surface area (Å²) >= 11 is 0. The van der Waals surface area contributed by atoms with E-state index in [1.807, 2.05) is 30.3 Å². The van der Waals surface area contributed by atoms with Gasteiger partial charge in [-0.1, -0.05) is 43.9 Å². The van der Waals surface area contributed by atoms with Gasteiger partial charge in [0.1, 0.15) is 23.9 Å². The molecule has 1 fully saturated rings. The number of imidazole rings is 1. The molecule has 0 aliphatic heterocycles. The number of nitrogens with one attached hydrogen (secondary N) is 1. The van der Waals surface area contributed by atoms with Crippen molar-refractivity contribution in [2.24, 2.45) is 5.92 Å². The lowest BCUT2D eigenvalue weighted by Gasteiger charge is -2.20. The van der Waals surface area contributed by atoms with Crippen molar-refractivity contribution in [1.82, 2.24) is 14.9 Å². The molecule has 1 heterocycles. The van der Waals surface area contributed by atoms with Crippen molar-refractivity contribution < 1.29 is 14.3 Å². The zero-order chi connectivity index (χ0) is 23.6. The highest BCUT2D eigenvalue weighted by Gasteiger charge is 2.20. The number of fused-ring (bicyclic) bond motifs is 1. The van der Waals surface area contributed by atoms with Gasteiger partial charge in [0.15, 0.2) is 0 Å². The Labute approximate surface area is 202 Å². The van der Waals surface area contributed by atoms with Crippen LogP contribution in [0, 0.1) is 5.92 Å². The Kier molecular flexibility index (Phi) is 8.83. The Morgan fingerprint density at radius 2 is 1.85 bits per heavy atom. The van der Waals surface area contributed by atoms with Gasteiger partial charge in [-0.3, -0.25) is 4.79 Å². The maximum Gasteiger partial charge on any atom is 0.223 e. The molecule has 1 amide bonds. The molecule has 1 N–H and O–H groups in total. The number of amides is 1. The number of nitrogens with zero attached hydrogens (tertiary/aromatic N) is 2. The van der Waals surface area contributed by atoms with Crippen LogP contribution in [0.2, 0.25) is 0 Å². The first-order valence-electron chi connectivity index (χ1n) is 12.7. The lowest BCUT2D eigenvalue weighted by Crippen LogP contribution is -2.32. The molecule has 0 radical (unpaired) electrons. The number of methoxy groups -OCH3 is 1. The molecule has 2 aromatic carbocycles. The standard InChI is InChI=1S/C28H37N3O3/c1-33-23-13-10-14-24(21-23)34-20-19-31-26-16-8-7-15-25(26)30-27(31)17-6-3-9-18-29-28(32)22-11-4-2-5-12-22/h7-8,10,13-16,21-22H,2-6,9,11-12,17-20H2,1H3,(H,29,32). The van der Waals surface area contributed by atoms with Gasteiger partial charge in [-0.2, -0.15) is 0 Å². The fourth-order valence-electron chi connectivity index (χ4n) is 4.82. The second-order valence-corrected chi connectivity index (χ2v) is 9.13. The van der Waals surface area contributed by atoms with E-state index in [9.17, 15) is 4.79 Å². The van der Waals surface area contributed by atoms with Crippen molar-refractivity contribution in [3.8, 4) is 11.5 Å². The van der Waals surface area contributed by atoms with Crippen molar-refractivity contribution in [1.29, 1.82) is 0 Å². The number of hydrogen-bond donors (Lipinski definition) is 1. The first kappa shape index (κ1) is 24.1. The van der Waals surface area contributed by atoms with Gasteiger partial charge in [-0.25, -0.2) is 4.98 Å². The molecule has 6 heteroatoms. The first-order chi connectivity index (χ1) is 16.7. The summed E-state index contributed by atoms with van der Waals surface area (Å²) in [6, 6.07) is 16.0. The van der Waals surface area contributed by atoms with Crippen molar-refractivity contribution in [3.05, 3.63) is 54.4 Å². The van der Waals surface area contributed by atoms with Crippen LogP contribution in [0.3, 0.4) is 0 Å². The number of ether oxygens (including phenoxy) is 2. The van der Waals surface area contributed by atoms with Crippen LogP contribution in [0.15, 0.2) is 48.5 Å². The van der Waals surface area contributed by atoms with E-state index in [2.05, 4.69) is 28.1 Å². The van der Waals surface area contributed by atoms with Gasteiger partial charge in [0.05, 0.1) is 24.7 Å². The van der Waals surface area contributed by atoms with Crippen LogP contribution < -0.4 is 14.8 Å². The molecule has 0 spiro atoms. The molecule has 1 aromatic heterocycles. The summed E-state index contributed by atoms with van der Waals surface area (Å²) in [6.07, 6.45) is 9.86. The summed E-state index contributed by atoms with van der Waals surface area (Å²) in [5.41, 5.74) is 2.17. The molecule has 4 rings (SSSR count). The highest BCUT2D eigenvalue weighted by atomic mass is 16.5. The molecule has 182 valence electrons. The van der Waals surface area contributed by atoms with E-state index in [1.165, 1.54) is 19.3 Å². The van der Waals surface area contributed by atoms with Gasteiger partial charge < -0.3 is 19.4 Å². The number of carbonyl (C=O) groups is 1. The van der Waals surface area contributed by atoms with Crippen molar-refractivity contribution >= 4 is 16.9 Å². The van der Waals surface area contributed by atoms with Crippen LogP contribution in [0.5, 0.6) is 11.5 Å². The number of benzene rings is 2. The van der Waals surface area contributed by atoms with E-state index >= 15 is 0 Å². The van der Waals surface area contributed by atoms with Gasteiger partial charge in [-0.05, 0) is 49.9 Å². The van der Waals surface area contributed by atoms with E-state index in [0.29, 0.717) is 6.61 Å². The summed E-state index contributed by atoms with van der Waals surface area (Å²) in [6.45, 7) is 2.08. The van der Waals surface area contributed by atoms with E-state index in [4.69, 9.17) is 14.5 Å². The number of aromatic nitrogens is 2. The summed E-state index contributed by atoms with van der Waals surface area (Å²) in [5, 5.41) is 3.15. The molecule has 3 aromatic rings. The molecule has 0 atom stereocenters. The minimum absolute atomic E-state index is 0.243. The van der Waals surface area contributed by atoms with Gasteiger partial charge in [0, 0.05) is 24.9 Å².